The first-order valence-electron chi connectivity index (χ1n) is 9.87. The number of hydrogen-bond donors (Lipinski definition) is 1. The number of nitrogens with one attached hydrogen (secondary N) is 1. The third kappa shape index (κ3) is 4.69. The monoisotopic (exact) mass is 420 g/mol. The maximum atomic E-state index is 13.0. The van der Waals surface area contributed by atoms with E-state index in [9.17, 15) is 14.0 Å². The average molecular weight is 420 g/mol. The fourth-order valence-corrected chi connectivity index (χ4v) is 3.48. The number of benzene rings is 2. The van der Waals surface area contributed by atoms with Gasteiger partial charge in [-0.1, -0.05) is 12.1 Å². The molecule has 3 aromatic rings. The van der Waals surface area contributed by atoms with Crippen molar-refractivity contribution in [1.82, 2.24) is 20.4 Å². The van der Waals surface area contributed by atoms with Crippen LogP contribution < -0.4 is 10.1 Å². The summed E-state index contributed by atoms with van der Waals surface area (Å²) in [4.78, 5) is 26.9. The Morgan fingerprint density at radius 1 is 1.00 bits per heavy atom. The van der Waals surface area contributed by atoms with E-state index in [2.05, 4.69) is 15.5 Å². The summed E-state index contributed by atoms with van der Waals surface area (Å²) in [7, 11) is 1.53. The zero-order chi connectivity index (χ0) is 21.8. The Kier molecular flexibility index (Phi) is 5.88. The maximum Gasteiger partial charge on any atom is 0.253 e. The van der Waals surface area contributed by atoms with Gasteiger partial charge in [0.25, 0.3) is 11.8 Å². The summed E-state index contributed by atoms with van der Waals surface area (Å²) in [5, 5.41) is 11.0. The van der Waals surface area contributed by atoms with Crippen LogP contribution in [0, 0.1) is 5.82 Å². The molecule has 0 saturated carbocycles. The molecule has 0 spiro atoms. The lowest BCUT2D eigenvalue weighted by Gasteiger charge is -2.17. The molecule has 31 heavy (non-hydrogen) atoms. The van der Waals surface area contributed by atoms with Crippen LogP contribution in [0.25, 0.3) is 11.3 Å². The van der Waals surface area contributed by atoms with Crippen molar-refractivity contribution in [2.24, 2.45) is 0 Å². The molecule has 2 amide bonds. The van der Waals surface area contributed by atoms with E-state index in [0.717, 1.165) is 5.56 Å². The van der Waals surface area contributed by atoms with Crippen LogP contribution in [-0.4, -0.2) is 53.2 Å². The Balaban J connectivity index is 1.36. The molecular formula is C23H21FN4O3. The molecule has 0 aliphatic carbocycles. The third-order valence-corrected chi connectivity index (χ3v) is 5.19. The number of methoxy groups -OCH3 is 1. The second kappa shape index (κ2) is 8.91. The van der Waals surface area contributed by atoms with Gasteiger partial charge in [-0.3, -0.25) is 9.59 Å². The number of carbonyl (C=O) groups is 2. The highest BCUT2D eigenvalue weighted by atomic mass is 19.1. The number of halogens is 1. The Morgan fingerprint density at radius 3 is 2.35 bits per heavy atom. The van der Waals surface area contributed by atoms with Gasteiger partial charge >= 0.3 is 0 Å². The first-order valence-corrected chi connectivity index (χ1v) is 9.87. The molecule has 7 nitrogen and oxygen atoms in total. The number of nitrogens with zero attached hydrogens (tertiary/aromatic N) is 3. The van der Waals surface area contributed by atoms with Gasteiger partial charge in [0.15, 0.2) is 0 Å². The highest BCUT2D eigenvalue weighted by molar-refractivity contribution is 5.96. The molecule has 1 aliphatic heterocycles. The third-order valence-electron chi connectivity index (χ3n) is 5.19. The number of amides is 2. The fourth-order valence-electron chi connectivity index (χ4n) is 3.48. The van der Waals surface area contributed by atoms with Gasteiger partial charge in [-0.05, 0) is 48.9 Å². The molecule has 0 bridgehead atoms. The molecule has 1 aliphatic rings. The van der Waals surface area contributed by atoms with Crippen LogP contribution in [-0.2, 0) is 0 Å². The molecule has 0 radical (unpaired) electrons. The van der Waals surface area contributed by atoms with Crippen molar-refractivity contribution in [2.45, 2.75) is 12.5 Å². The van der Waals surface area contributed by atoms with Crippen LogP contribution in [0.1, 0.15) is 27.1 Å². The molecule has 8 heteroatoms. The largest absolute Gasteiger partial charge is 0.480 e. The van der Waals surface area contributed by atoms with Crippen LogP contribution >= 0.6 is 0 Å². The number of carbonyl (C=O) groups excluding carboxylic acids is 2. The first kappa shape index (κ1) is 20.5. The lowest BCUT2D eigenvalue weighted by molar-refractivity contribution is 0.0783. The van der Waals surface area contributed by atoms with Crippen LogP contribution in [0.2, 0.25) is 0 Å². The smallest absolute Gasteiger partial charge is 0.253 e. The second-order valence-corrected chi connectivity index (χ2v) is 7.26. The van der Waals surface area contributed by atoms with Crippen molar-refractivity contribution < 1.29 is 18.7 Å². The van der Waals surface area contributed by atoms with Gasteiger partial charge in [0.1, 0.15) is 5.82 Å². The molecule has 2 heterocycles. The zero-order valence-corrected chi connectivity index (χ0v) is 16.9. The number of aromatic nitrogens is 2. The Bertz CT molecular complexity index is 1070. The fraction of sp³-hybridized carbons (Fsp3) is 0.217. The van der Waals surface area contributed by atoms with Crippen molar-refractivity contribution >= 4 is 11.8 Å². The molecule has 1 N–H and O–H groups in total. The van der Waals surface area contributed by atoms with Gasteiger partial charge < -0.3 is 15.0 Å². The van der Waals surface area contributed by atoms with E-state index < -0.39 is 0 Å². The minimum Gasteiger partial charge on any atom is -0.480 e. The van der Waals surface area contributed by atoms with Crippen LogP contribution in [0.4, 0.5) is 4.39 Å². The minimum absolute atomic E-state index is 0.0918. The summed E-state index contributed by atoms with van der Waals surface area (Å²) in [6.07, 6.45) is 0.665. The van der Waals surface area contributed by atoms with Gasteiger partial charge in [0, 0.05) is 41.9 Å². The number of ether oxygens (including phenoxy) is 1. The van der Waals surface area contributed by atoms with Gasteiger partial charge in [-0.15, -0.1) is 10.2 Å². The van der Waals surface area contributed by atoms with Crippen molar-refractivity contribution in [3.63, 3.8) is 0 Å². The average Bonchev–Trinajstić information content (AvgIpc) is 3.27. The van der Waals surface area contributed by atoms with Crippen LogP contribution in [0.15, 0.2) is 60.7 Å². The molecule has 1 unspecified atom stereocenters. The molecule has 1 saturated heterocycles. The van der Waals surface area contributed by atoms with Crippen LogP contribution in [0.3, 0.4) is 0 Å². The molecule has 1 atom stereocenters. The van der Waals surface area contributed by atoms with Gasteiger partial charge in [-0.25, -0.2) is 4.39 Å². The van der Waals surface area contributed by atoms with Crippen molar-refractivity contribution in [1.29, 1.82) is 0 Å². The van der Waals surface area contributed by atoms with Gasteiger partial charge in [0.05, 0.1) is 12.8 Å². The molecule has 4 rings (SSSR count). The van der Waals surface area contributed by atoms with E-state index in [0.29, 0.717) is 42.2 Å². The van der Waals surface area contributed by atoms with Crippen LogP contribution in [0.5, 0.6) is 5.88 Å². The highest BCUT2D eigenvalue weighted by Gasteiger charge is 2.28. The molecular weight excluding hydrogens is 399 g/mol. The van der Waals surface area contributed by atoms with E-state index >= 15 is 0 Å². The first-order chi connectivity index (χ1) is 15.0. The van der Waals surface area contributed by atoms with E-state index in [1.807, 2.05) is 12.1 Å². The number of likely N-dealkylation sites (tertiary alicyclic amines) is 1. The lowest BCUT2D eigenvalue weighted by atomic mass is 10.1. The van der Waals surface area contributed by atoms with Crippen molar-refractivity contribution in [2.75, 3.05) is 20.2 Å². The predicted octanol–water partition coefficient (Wildman–Crippen LogP) is 2.94. The Morgan fingerprint density at radius 2 is 1.71 bits per heavy atom. The van der Waals surface area contributed by atoms with Gasteiger partial charge in [-0.2, -0.15) is 0 Å². The standard InChI is InChI=1S/C23H21FN4O3/c1-31-21-11-10-20(26-27-21)15-2-4-17(5-3-15)23(30)28-13-12-19(14-28)25-22(29)16-6-8-18(24)9-7-16/h2-11,19H,12-14H2,1H3,(H,25,29). The van der Waals surface area contributed by atoms with E-state index in [1.54, 1.807) is 29.2 Å². The summed E-state index contributed by atoms with van der Waals surface area (Å²) in [5.41, 5.74) is 2.49. The molecule has 158 valence electrons. The summed E-state index contributed by atoms with van der Waals surface area (Å²) in [6.45, 7) is 0.983. The van der Waals surface area contributed by atoms with Crippen molar-refractivity contribution in [3.05, 3.63) is 77.6 Å². The maximum absolute atomic E-state index is 13.0. The van der Waals surface area contributed by atoms with Crippen molar-refractivity contribution in [3.8, 4) is 17.1 Å². The predicted molar refractivity (Wildman–Crippen MR) is 112 cm³/mol. The zero-order valence-electron chi connectivity index (χ0n) is 16.9. The summed E-state index contributed by atoms with van der Waals surface area (Å²) in [5.74, 6) is -0.319. The van der Waals surface area contributed by atoms with E-state index in [4.69, 9.17) is 4.74 Å². The van der Waals surface area contributed by atoms with Gasteiger partial charge in [0.2, 0.25) is 5.88 Å². The summed E-state index contributed by atoms with van der Waals surface area (Å²) >= 11 is 0. The quantitative estimate of drug-likeness (QED) is 0.686. The number of hydrogen-bond acceptors (Lipinski definition) is 5. The Labute approximate surface area is 178 Å². The molecule has 1 aromatic heterocycles. The lowest BCUT2D eigenvalue weighted by Crippen LogP contribution is -2.38. The number of rotatable bonds is 5. The minimum atomic E-state index is -0.390. The normalized spacial score (nSPS) is 15.5. The molecule has 2 aromatic carbocycles. The second-order valence-electron chi connectivity index (χ2n) is 7.26. The Hall–Kier alpha value is -3.81. The van der Waals surface area contributed by atoms with E-state index in [-0.39, 0.29) is 23.7 Å². The molecule has 1 fully saturated rings. The topological polar surface area (TPSA) is 84.4 Å². The summed E-state index contributed by atoms with van der Waals surface area (Å²) in [6, 6.07) is 15.9. The highest BCUT2D eigenvalue weighted by Crippen LogP contribution is 2.20. The summed E-state index contributed by atoms with van der Waals surface area (Å²) < 4.78 is 18.0. The van der Waals surface area contributed by atoms with E-state index in [1.165, 1.54) is 31.4 Å². The SMILES string of the molecule is COc1ccc(-c2ccc(C(=O)N3CCC(NC(=O)c4ccc(F)cc4)C3)cc2)nn1.